The number of thiazole rings is 1. The number of aryl methyl sites for hydroxylation is 1. The van der Waals surface area contributed by atoms with Crippen LogP contribution in [0.2, 0.25) is 0 Å². The first-order valence-electron chi connectivity index (χ1n) is 8.54. The number of hydrogen-bond donors (Lipinski definition) is 1. The number of amides is 1. The molecule has 5 nitrogen and oxygen atoms in total. The van der Waals surface area contributed by atoms with E-state index in [4.69, 9.17) is 0 Å². The first-order valence-corrected chi connectivity index (χ1v) is 9.35. The zero-order valence-corrected chi connectivity index (χ0v) is 14.9. The van der Waals surface area contributed by atoms with Gasteiger partial charge < -0.3 is 10.2 Å². The summed E-state index contributed by atoms with van der Waals surface area (Å²) in [5, 5.41) is 4.04. The zero-order valence-electron chi connectivity index (χ0n) is 14.1. The molecular formula is C19H20N4OS. The van der Waals surface area contributed by atoms with E-state index in [2.05, 4.69) is 20.2 Å². The zero-order chi connectivity index (χ0) is 17.2. The second-order valence-electron chi connectivity index (χ2n) is 6.41. The van der Waals surface area contributed by atoms with Crippen LogP contribution in [0.25, 0.3) is 10.3 Å². The normalized spacial score (nSPS) is 17.6. The fraction of sp³-hybridized carbons (Fsp3) is 0.316. The number of piperidine rings is 1. The summed E-state index contributed by atoms with van der Waals surface area (Å²) in [6, 6.07) is 11.8. The summed E-state index contributed by atoms with van der Waals surface area (Å²) in [6.07, 6.45) is 3.70. The van der Waals surface area contributed by atoms with Gasteiger partial charge in [0.05, 0.1) is 5.92 Å². The predicted octanol–water partition coefficient (Wildman–Crippen LogP) is 3.85. The minimum absolute atomic E-state index is 0.0201. The average Bonchev–Trinajstić information content (AvgIpc) is 3.08. The smallest absolute Gasteiger partial charge is 0.229 e. The molecular weight excluding hydrogens is 332 g/mol. The second-order valence-corrected chi connectivity index (χ2v) is 7.37. The Labute approximate surface area is 150 Å². The van der Waals surface area contributed by atoms with Crippen LogP contribution < -0.4 is 10.2 Å². The van der Waals surface area contributed by atoms with Crippen molar-refractivity contribution in [1.82, 2.24) is 9.97 Å². The number of hydrogen-bond acceptors (Lipinski definition) is 5. The maximum absolute atomic E-state index is 12.7. The standard InChI is InChI=1S/C19H20N4OS/c1-13-6-2-3-8-15(13)21-17(24)14-7-5-11-23(12-14)19-22-16-9-4-10-20-18(16)25-19/h2-4,6,8-10,14H,5,7,11-12H2,1H3,(H,21,24). The molecule has 1 fully saturated rings. The number of carbonyl (C=O) groups is 1. The summed E-state index contributed by atoms with van der Waals surface area (Å²) < 4.78 is 0. The Balaban J connectivity index is 1.48. The van der Waals surface area contributed by atoms with Gasteiger partial charge in [-0.3, -0.25) is 4.79 Å². The van der Waals surface area contributed by atoms with E-state index in [0.29, 0.717) is 6.54 Å². The summed E-state index contributed by atoms with van der Waals surface area (Å²) in [4.78, 5) is 24.9. The van der Waals surface area contributed by atoms with Crippen molar-refractivity contribution in [3.05, 3.63) is 48.2 Å². The summed E-state index contributed by atoms with van der Waals surface area (Å²) >= 11 is 1.60. The molecule has 1 aliphatic rings. The molecule has 1 unspecified atom stereocenters. The molecule has 0 bridgehead atoms. The Morgan fingerprint density at radius 2 is 2.16 bits per heavy atom. The molecule has 25 heavy (non-hydrogen) atoms. The molecule has 6 heteroatoms. The van der Waals surface area contributed by atoms with Crippen LogP contribution in [0, 0.1) is 12.8 Å². The molecule has 1 atom stereocenters. The Morgan fingerprint density at radius 3 is 3.00 bits per heavy atom. The lowest BCUT2D eigenvalue weighted by Gasteiger charge is -2.31. The Hall–Kier alpha value is -2.47. The van der Waals surface area contributed by atoms with Gasteiger partial charge >= 0.3 is 0 Å². The molecule has 1 aliphatic heterocycles. The monoisotopic (exact) mass is 352 g/mol. The van der Waals surface area contributed by atoms with E-state index >= 15 is 0 Å². The van der Waals surface area contributed by atoms with E-state index in [-0.39, 0.29) is 11.8 Å². The largest absolute Gasteiger partial charge is 0.347 e. The number of benzene rings is 1. The molecule has 3 heterocycles. The van der Waals surface area contributed by atoms with Gasteiger partial charge in [-0.15, -0.1) is 0 Å². The minimum Gasteiger partial charge on any atom is -0.347 e. The third kappa shape index (κ3) is 3.35. The predicted molar refractivity (Wildman–Crippen MR) is 102 cm³/mol. The summed E-state index contributed by atoms with van der Waals surface area (Å²) in [6.45, 7) is 3.66. The van der Waals surface area contributed by atoms with E-state index < -0.39 is 0 Å². The molecule has 1 N–H and O–H groups in total. The van der Waals surface area contributed by atoms with Crippen molar-refractivity contribution < 1.29 is 4.79 Å². The van der Waals surface area contributed by atoms with E-state index in [1.165, 1.54) is 0 Å². The Kier molecular flexibility index (Phi) is 4.36. The highest BCUT2D eigenvalue weighted by Crippen LogP contribution is 2.30. The van der Waals surface area contributed by atoms with Crippen LogP contribution in [0.4, 0.5) is 10.8 Å². The van der Waals surface area contributed by atoms with Crippen LogP contribution >= 0.6 is 11.3 Å². The molecule has 2 aromatic heterocycles. The van der Waals surface area contributed by atoms with Gasteiger partial charge in [0.15, 0.2) is 5.13 Å². The lowest BCUT2D eigenvalue weighted by atomic mass is 9.97. The van der Waals surface area contributed by atoms with Gasteiger partial charge in [0.2, 0.25) is 5.91 Å². The first kappa shape index (κ1) is 16.0. The summed E-state index contributed by atoms with van der Waals surface area (Å²) in [5.74, 6) is 0.0755. The summed E-state index contributed by atoms with van der Waals surface area (Å²) in [7, 11) is 0. The maximum atomic E-state index is 12.7. The molecule has 0 radical (unpaired) electrons. The Morgan fingerprint density at radius 1 is 1.28 bits per heavy atom. The first-order chi connectivity index (χ1) is 12.2. The van der Waals surface area contributed by atoms with Crippen LogP contribution in [0.1, 0.15) is 18.4 Å². The lowest BCUT2D eigenvalue weighted by Crippen LogP contribution is -2.40. The van der Waals surface area contributed by atoms with Crippen LogP contribution in [0.3, 0.4) is 0 Å². The number of rotatable bonds is 3. The average molecular weight is 352 g/mol. The van der Waals surface area contributed by atoms with Crippen LogP contribution in [0.15, 0.2) is 42.6 Å². The van der Waals surface area contributed by atoms with Crippen LogP contribution in [-0.4, -0.2) is 29.0 Å². The SMILES string of the molecule is Cc1ccccc1NC(=O)C1CCCN(c2nc3cccnc3s2)C1. The van der Waals surface area contributed by atoms with Crippen molar-refractivity contribution in [2.75, 3.05) is 23.3 Å². The molecule has 128 valence electrons. The van der Waals surface area contributed by atoms with E-state index in [9.17, 15) is 4.79 Å². The number of carbonyl (C=O) groups excluding carboxylic acids is 1. The van der Waals surface area contributed by atoms with Gasteiger partial charge in [-0.05, 0) is 43.5 Å². The van der Waals surface area contributed by atoms with Crippen molar-refractivity contribution in [2.24, 2.45) is 5.92 Å². The fourth-order valence-electron chi connectivity index (χ4n) is 3.21. The van der Waals surface area contributed by atoms with E-state index in [1.54, 1.807) is 17.5 Å². The molecule has 4 rings (SSSR count). The molecule has 3 aromatic rings. The molecule has 1 saturated heterocycles. The summed E-state index contributed by atoms with van der Waals surface area (Å²) in [5.41, 5.74) is 2.91. The number of nitrogens with one attached hydrogen (secondary N) is 1. The molecule has 0 spiro atoms. The van der Waals surface area contributed by atoms with Gasteiger partial charge in [-0.2, -0.15) is 0 Å². The number of anilines is 2. The third-order valence-corrected chi connectivity index (χ3v) is 5.66. The number of fused-ring (bicyclic) bond motifs is 1. The van der Waals surface area contributed by atoms with Crippen molar-refractivity contribution >= 4 is 38.4 Å². The second kappa shape index (κ2) is 6.80. The van der Waals surface area contributed by atoms with Crippen molar-refractivity contribution in [1.29, 1.82) is 0 Å². The van der Waals surface area contributed by atoms with Crippen molar-refractivity contribution in [3.63, 3.8) is 0 Å². The topological polar surface area (TPSA) is 58.1 Å². The highest BCUT2D eigenvalue weighted by Gasteiger charge is 2.27. The molecule has 1 amide bonds. The number of aromatic nitrogens is 2. The minimum atomic E-state index is -0.0201. The molecule has 0 aliphatic carbocycles. The third-order valence-electron chi connectivity index (χ3n) is 4.62. The fourth-order valence-corrected chi connectivity index (χ4v) is 4.15. The highest BCUT2D eigenvalue weighted by molar-refractivity contribution is 7.21. The van der Waals surface area contributed by atoms with Gasteiger partial charge in [0.1, 0.15) is 10.3 Å². The van der Waals surface area contributed by atoms with Crippen molar-refractivity contribution in [3.8, 4) is 0 Å². The van der Waals surface area contributed by atoms with Crippen LogP contribution in [0.5, 0.6) is 0 Å². The van der Waals surface area contributed by atoms with Gasteiger partial charge in [-0.1, -0.05) is 29.5 Å². The quantitative estimate of drug-likeness (QED) is 0.778. The lowest BCUT2D eigenvalue weighted by molar-refractivity contribution is -0.120. The maximum Gasteiger partial charge on any atom is 0.229 e. The highest BCUT2D eigenvalue weighted by atomic mass is 32.1. The van der Waals surface area contributed by atoms with Gasteiger partial charge in [0.25, 0.3) is 0 Å². The van der Waals surface area contributed by atoms with Crippen molar-refractivity contribution in [2.45, 2.75) is 19.8 Å². The Bertz CT molecular complexity index is 874. The van der Waals surface area contributed by atoms with E-state index in [0.717, 1.165) is 46.1 Å². The molecule has 0 saturated carbocycles. The van der Waals surface area contributed by atoms with Crippen LogP contribution in [-0.2, 0) is 4.79 Å². The van der Waals surface area contributed by atoms with Gasteiger partial charge in [-0.25, -0.2) is 9.97 Å². The van der Waals surface area contributed by atoms with E-state index in [1.807, 2.05) is 43.3 Å². The number of para-hydroxylation sites is 1. The molecule has 1 aromatic carbocycles. The number of pyridine rings is 1. The van der Waals surface area contributed by atoms with Gasteiger partial charge in [0, 0.05) is 25.0 Å². The number of nitrogens with zero attached hydrogens (tertiary/aromatic N) is 3.